The normalized spacial score (nSPS) is 10.2. The maximum Gasteiger partial charge on any atom is 0.202 e. The first-order valence-corrected chi connectivity index (χ1v) is 6.33. The third-order valence-corrected chi connectivity index (χ3v) is 3.81. The number of aryl methyl sites for hydroxylation is 1. The first kappa shape index (κ1) is 11.9. The summed E-state index contributed by atoms with van der Waals surface area (Å²) in [6, 6.07) is 11.1. The van der Waals surface area contributed by atoms with Crippen molar-refractivity contribution < 1.29 is 9.53 Å². The fraction of sp³-hybridized carbons (Fsp3) is 0.214. The highest BCUT2D eigenvalue weighted by atomic mass is 32.1. The molecule has 0 atom stereocenters. The molecule has 17 heavy (non-hydrogen) atoms. The van der Waals surface area contributed by atoms with Gasteiger partial charge in [0.15, 0.2) is 0 Å². The molecule has 1 aromatic carbocycles. The molecule has 0 amide bonds. The van der Waals surface area contributed by atoms with Gasteiger partial charge in [0, 0.05) is 10.4 Å². The molecular weight excluding hydrogens is 232 g/mol. The highest BCUT2D eigenvalue weighted by molar-refractivity contribution is 7.14. The van der Waals surface area contributed by atoms with E-state index in [-0.39, 0.29) is 5.78 Å². The molecule has 3 heteroatoms. The third kappa shape index (κ3) is 2.56. The van der Waals surface area contributed by atoms with E-state index in [1.54, 1.807) is 30.6 Å². The minimum Gasteiger partial charge on any atom is -0.497 e. The van der Waals surface area contributed by atoms with Gasteiger partial charge in [-0.1, -0.05) is 6.92 Å². The largest absolute Gasteiger partial charge is 0.497 e. The second-order valence-corrected chi connectivity index (χ2v) is 4.85. The van der Waals surface area contributed by atoms with Crippen LogP contribution in [0.2, 0.25) is 0 Å². The first-order chi connectivity index (χ1) is 8.24. The molecule has 0 radical (unpaired) electrons. The zero-order valence-electron chi connectivity index (χ0n) is 9.90. The summed E-state index contributed by atoms with van der Waals surface area (Å²) in [6.07, 6.45) is 0.973. The van der Waals surface area contributed by atoms with Crippen molar-refractivity contribution >= 4 is 17.1 Å². The molecule has 0 fully saturated rings. The Morgan fingerprint density at radius 2 is 1.88 bits per heavy atom. The Morgan fingerprint density at radius 3 is 2.41 bits per heavy atom. The Bertz CT molecular complexity index is 511. The number of rotatable bonds is 4. The molecule has 0 saturated heterocycles. The maximum absolute atomic E-state index is 12.1. The lowest BCUT2D eigenvalue weighted by molar-refractivity contribution is 0.104. The number of hydrogen-bond donors (Lipinski definition) is 0. The average molecular weight is 246 g/mol. The average Bonchev–Trinajstić information content (AvgIpc) is 2.87. The summed E-state index contributed by atoms with van der Waals surface area (Å²) in [5.74, 6) is 0.847. The van der Waals surface area contributed by atoms with Crippen LogP contribution in [0.15, 0.2) is 36.4 Å². The van der Waals surface area contributed by atoms with Gasteiger partial charge >= 0.3 is 0 Å². The van der Waals surface area contributed by atoms with Gasteiger partial charge in [-0.05, 0) is 42.8 Å². The van der Waals surface area contributed by atoms with Crippen LogP contribution in [-0.2, 0) is 6.42 Å². The maximum atomic E-state index is 12.1. The minimum absolute atomic E-state index is 0.0809. The van der Waals surface area contributed by atoms with E-state index in [0.29, 0.717) is 5.56 Å². The van der Waals surface area contributed by atoms with Crippen molar-refractivity contribution in [2.75, 3.05) is 7.11 Å². The number of methoxy groups -OCH3 is 1. The third-order valence-electron chi connectivity index (χ3n) is 2.59. The molecule has 2 rings (SSSR count). The summed E-state index contributed by atoms with van der Waals surface area (Å²) in [6.45, 7) is 2.09. The molecule has 1 aromatic heterocycles. The Hall–Kier alpha value is -1.61. The molecule has 0 spiro atoms. The number of ether oxygens (including phenoxy) is 1. The van der Waals surface area contributed by atoms with Gasteiger partial charge in [0.05, 0.1) is 12.0 Å². The van der Waals surface area contributed by atoms with Crippen molar-refractivity contribution in [3.05, 3.63) is 51.7 Å². The van der Waals surface area contributed by atoms with E-state index in [2.05, 4.69) is 6.92 Å². The van der Waals surface area contributed by atoms with Gasteiger partial charge in [-0.25, -0.2) is 0 Å². The van der Waals surface area contributed by atoms with E-state index in [1.165, 1.54) is 4.88 Å². The fourth-order valence-electron chi connectivity index (χ4n) is 1.57. The van der Waals surface area contributed by atoms with E-state index in [9.17, 15) is 4.79 Å². The van der Waals surface area contributed by atoms with Crippen LogP contribution in [0.25, 0.3) is 0 Å². The lowest BCUT2D eigenvalue weighted by Gasteiger charge is -2.01. The predicted octanol–water partition coefficient (Wildman–Crippen LogP) is 3.55. The summed E-state index contributed by atoms with van der Waals surface area (Å²) in [5.41, 5.74) is 0.704. The van der Waals surface area contributed by atoms with Gasteiger partial charge in [-0.3, -0.25) is 4.79 Å². The zero-order chi connectivity index (χ0) is 12.3. The lowest BCUT2D eigenvalue weighted by atomic mass is 10.1. The van der Waals surface area contributed by atoms with Gasteiger partial charge in [-0.2, -0.15) is 0 Å². The van der Waals surface area contributed by atoms with Gasteiger partial charge in [0.25, 0.3) is 0 Å². The smallest absolute Gasteiger partial charge is 0.202 e. The molecule has 0 unspecified atom stereocenters. The van der Waals surface area contributed by atoms with Crippen LogP contribution in [0.1, 0.15) is 27.0 Å². The van der Waals surface area contributed by atoms with Gasteiger partial charge in [0.1, 0.15) is 5.75 Å². The summed E-state index contributed by atoms with van der Waals surface area (Å²) in [5, 5.41) is 0. The van der Waals surface area contributed by atoms with Crippen molar-refractivity contribution in [2.45, 2.75) is 13.3 Å². The molecule has 0 aliphatic carbocycles. The second-order valence-electron chi connectivity index (χ2n) is 3.68. The SMILES string of the molecule is CCc1ccc(C(=O)c2ccc(OC)cc2)s1. The van der Waals surface area contributed by atoms with Crippen LogP contribution in [0.4, 0.5) is 0 Å². The van der Waals surface area contributed by atoms with Gasteiger partial charge in [0.2, 0.25) is 5.78 Å². The molecule has 2 aromatic rings. The zero-order valence-corrected chi connectivity index (χ0v) is 10.7. The molecule has 0 saturated carbocycles. The highest BCUT2D eigenvalue weighted by Crippen LogP contribution is 2.21. The number of thiophene rings is 1. The summed E-state index contributed by atoms with van der Waals surface area (Å²) in [7, 11) is 1.61. The van der Waals surface area contributed by atoms with Crippen molar-refractivity contribution in [1.29, 1.82) is 0 Å². The Kier molecular flexibility index (Phi) is 3.59. The summed E-state index contributed by atoms with van der Waals surface area (Å²) < 4.78 is 5.07. The number of hydrogen-bond acceptors (Lipinski definition) is 3. The van der Waals surface area contributed by atoms with Crippen LogP contribution in [0.5, 0.6) is 5.75 Å². The van der Waals surface area contributed by atoms with Gasteiger partial charge < -0.3 is 4.74 Å². The molecule has 2 nitrogen and oxygen atoms in total. The Morgan fingerprint density at radius 1 is 1.18 bits per heavy atom. The van der Waals surface area contributed by atoms with Crippen LogP contribution in [0.3, 0.4) is 0 Å². The molecular formula is C14H14O2S. The molecule has 0 bridgehead atoms. The van der Waals surface area contributed by atoms with Crippen LogP contribution >= 0.6 is 11.3 Å². The molecule has 1 heterocycles. The molecule has 0 N–H and O–H groups in total. The van der Waals surface area contributed by atoms with Crippen molar-refractivity contribution in [2.24, 2.45) is 0 Å². The van der Waals surface area contributed by atoms with E-state index in [0.717, 1.165) is 17.0 Å². The van der Waals surface area contributed by atoms with Crippen LogP contribution in [-0.4, -0.2) is 12.9 Å². The fourth-order valence-corrected chi connectivity index (χ4v) is 2.48. The Labute approximate surface area is 105 Å². The predicted molar refractivity (Wildman–Crippen MR) is 70.1 cm³/mol. The van der Waals surface area contributed by atoms with Crippen LogP contribution in [0, 0.1) is 0 Å². The molecule has 88 valence electrons. The molecule has 0 aliphatic rings. The number of benzene rings is 1. The van der Waals surface area contributed by atoms with E-state index < -0.39 is 0 Å². The van der Waals surface area contributed by atoms with Crippen molar-refractivity contribution in [3.8, 4) is 5.75 Å². The first-order valence-electron chi connectivity index (χ1n) is 5.52. The second kappa shape index (κ2) is 5.15. The highest BCUT2D eigenvalue weighted by Gasteiger charge is 2.11. The van der Waals surface area contributed by atoms with Crippen molar-refractivity contribution in [1.82, 2.24) is 0 Å². The van der Waals surface area contributed by atoms with E-state index in [1.807, 2.05) is 24.3 Å². The van der Waals surface area contributed by atoms with Gasteiger partial charge in [-0.15, -0.1) is 11.3 Å². The topological polar surface area (TPSA) is 26.3 Å². The van der Waals surface area contributed by atoms with Crippen molar-refractivity contribution in [3.63, 3.8) is 0 Å². The quantitative estimate of drug-likeness (QED) is 0.771. The summed E-state index contributed by atoms with van der Waals surface area (Å²) >= 11 is 1.56. The standard InChI is InChI=1S/C14H14O2S/c1-3-12-8-9-13(17-12)14(15)10-4-6-11(16-2)7-5-10/h4-9H,3H2,1-2H3. The number of carbonyl (C=O) groups excluding carboxylic acids is 1. The monoisotopic (exact) mass is 246 g/mol. The Balaban J connectivity index is 2.23. The minimum atomic E-state index is 0.0809. The number of ketones is 1. The van der Waals surface area contributed by atoms with Crippen LogP contribution < -0.4 is 4.74 Å². The number of carbonyl (C=O) groups is 1. The lowest BCUT2D eigenvalue weighted by Crippen LogP contribution is -1.98. The van der Waals surface area contributed by atoms with E-state index >= 15 is 0 Å². The van der Waals surface area contributed by atoms with E-state index in [4.69, 9.17) is 4.74 Å². The summed E-state index contributed by atoms with van der Waals surface area (Å²) in [4.78, 5) is 14.2. The molecule has 0 aliphatic heterocycles.